The van der Waals surface area contributed by atoms with E-state index in [0.29, 0.717) is 31.5 Å². The number of aromatic nitrogens is 2. The maximum Gasteiger partial charge on any atom is 0.246 e. The van der Waals surface area contributed by atoms with Crippen molar-refractivity contribution in [3.05, 3.63) is 45.3 Å². The molecule has 0 radical (unpaired) electrons. The first-order valence-electron chi connectivity index (χ1n) is 6.81. The van der Waals surface area contributed by atoms with E-state index in [1.54, 1.807) is 13.0 Å². The Morgan fingerprint density at radius 2 is 2.14 bits per heavy atom. The summed E-state index contributed by atoms with van der Waals surface area (Å²) in [5.41, 5.74) is 0.774. The van der Waals surface area contributed by atoms with Crippen molar-refractivity contribution in [2.24, 2.45) is 0 Å². The predicted octanol–water partition coefficient (Wildman–Crippen LogP) is 3.40. The lowest BCUT2D eigenvalue weighted by Gasteiger charge is -2.31. The molecule has 1 aromatic carbocycles. The van der Waals surface area contributed by atoms with Crippen molar-refractivity contribution >= 4 is 23.2 Å². The third-order valence-corrected chi connectivity index (χ3v) is 4.37. The Balaban J connectivity index is 1.72. The largest absolute Gasteiger partial charge is 0.423 e. The Hall–Kier alpha value is -1.21. The first-order chi connectivity index (χ1) is 10.5. The van der Waals surface area contributed by atoms with E-state index >= 15 is 0 Å². The minimum absolute atomic E-state index is 0.0449. The van der Waals surface area contributed by atoms with E-state index in [1.165, 1.54) is 6.07 Å². The topological polar surface area (TPSA) is 51.4 Å². The summed E-state index contributed by atoms with van der Waals surface area (Å²) in [6.07, 6.45) is -0.273. The number of hydrogen-bond donors (Lipinski definition) is 0. The lowest BCUT2D eigenvalue weighted by molar-refractivity contribution is -0.0457. The molecule has 1 atom stereocenters. The minimum Gasteiger partial charge on any atom is -0.423 e. The van der Waals surface area contributed by atoms with E-state index in [1.807, 2.05) is 0 Å². The van der Waals surface area contributed by atoms with Crippen molar-refractivity contribution in [2.45, 2.75) is 19.6 Å². The highest BCUT2D eigenvalue weighted by Gasteiger charge is 2.27. The Morgan fingerprint density at radius 3 is 2.86 bits per heavy atom. The van der Waals surface area contributed by atoms with Gasteiger partial charge in [0, 0.05) is 26.6 Å². The molecule has 0 amide bonds. The molecule has 1 saturated heterocycles. The molecule has 22 heavy (non-hydrogen) atoms. The van der Waals surface area contributed by atoms with Gasteiger partial charge in [-0.3, -0.25) is 4.90 Å². The molecule has 0 bridgehead atoms. The van der Waals surface area contributed by atoms with Crippen LogP contribution in [0.25, 0.3) is 0 Å². The lowest BCUT2D eigenvalue weighted by Crippen LogP contribution is -2.38. The zero-order valence-corrected chi connectivity index (χ0v) is 13.4. The maximum atomic E-state index is 13.3. The Labute approximate surface area is 137 Å². The molecule has 8 heteroatoms. The van der Waals surface area contributed by atoms with Crippen LogP contribution in [-0.4, -0.2) is 34.8 Å². The number of aryl methyl sites for hydroxylation is 1. The van der Waals surface area contributed by atoms with Crippen LogP contribution in [-0.2, 0) is 11.3 Å². The van der Waals surface area contributed by atoms with Crippen LogP contribution < -0.4 is 0 Å². The average molecular weight is 346 g/mol. The van der Waals surface area contributed by atoms with Crippen LogP contribution >= 0.6 is 23.2 Å². The number of morpholine rings is 1. The summed E-state index contributed by atoms with van der Waals surface area (Å²) in [7, 11) is 0. The molecule has 1 aliphatic heterocycles. The standard InChI is InChI=1S/C14H14Cl2FN3O2/c1-8-18-19-14(22-8)11-7-20(4-5-21-11)6-9-2-3-10(17)13(16)12(9)15/h2-3,11H,4-7H2,1H3. The highest BCUT2D eigenvalue weighted by atomic mass is 35.5. The van der Waals surface area contributed by atoms with Gasteiger partial charge in [0.25, 0.3) is 0 Å². The Morgan fingerprint density at radius 1 is 1.32 bits per heavy atom. The van der Waals surface area contributed by atoms with Gasteiger partial charge in [-0.1, -0.05) is 29.3 Å². The second kappa shape index (κ2) is 6.50. The number of hydrogen-bond acceptors (Lipinski definition) is 5. The van der Waals surface area contributed by atoms with Gasteiger partial charge >= 0.3 is 0 Å². The monoisotopic (exact) mass is 345 g/mol. The van der Waals surface area contributed by atoms with Gasteiger partial charge < -0.3 is 9.15 Å². The molecule has 0 aliphatic carbocycles. The van der Waals surface area contributed by atoms with Gasteiger partial charge in [-0.05, 0) is 11.6 Å². The van der Waals surface area contributed by atoms with Crippen LogP contribution in [0.2, 0.25) is 10.0 Å². The normalized spacial score (nSPS) is 19.5. The Kier molecular flexibility index (Phi) is 4.63. The maximum absolute atomic E-state index is 13.3. The molecule has 1 fully saturated rings. The molecule has 2 aromatic rings. The van der Waals surface area contributed by atoms with Gasteiger partial charge in [0.1, 0.15) is 11.9 Å². The van der Waals surface area contributed by atoms with Crippen molar-refractivity contribution in [1.29, 1.82) is 0 Å². The van der Waals surface area contributed by atoms with E-state index in [2.05, 4.69) is 15.1 Å². The van der Waals surface area contributed by atoms with Crippen LogP contribution in [0.1, 0.15) is 23.4 Å². The SMILES string of the molecule is Cc1nnc(C2CN(Cc3ccc(F)c(Cl)c3Cl)CCO2)o1. The van der Waals surface area contributed by atoms with Gasteiger partial charge in [0.15, 0.2) is 0 Å². The average Bonchev–Trinajstić information content (AvgIpc) is 2.95. The van der Waals surface area contributed by atoms with Crippen molar-refractivity contribution in [3.8, 4) is 0 Å². The number of benzene rings is 1. The summed E-state index contributed by atoms with van der Waals surface area (Å²) in [4.78, 5) is 2.13. The first-order valence-corrected chi connectivity index (χ1v) is 7.56. The van der Waals surface area contributed by atoms with E-state index in [0.717, 1.165) is 12.1 Å². The minimum atomic E-state index is -0.517. The third kappa shape index (κ3) is 3.25. The van der Waals surface area contributed by atoms with E-state index < -0.39 is 5.82 Å². The van der Waals surface area contributed by atoms with Gasteiger partial charge in [0.2, 0.25) is 11.8 Å². The molecule has 1 aromatic heterocycles. The highest BCUT2D eigenvalue weighted by Crippen LogP contribution is 2.30. The fourth-order valence-corrected chi connectivity index (χ4v) is 2.76. The zero-order chi connectivity index (χ0) is 15.7. The molecule has 0 saturated carbocycles. The molecular weight excluding hydrogens is 332 g/mol. The third-order valence-electron chi connectivity index (χ3n) is 3.48. The van der Waals surface area contributed by atoms with E-state index in [4.69, 9.17) is 32.4 Å². The van der Waals surface area contributed by atoms with Crippen molar-refractivity contribution in [2.75, 3.05) is 19.7 Å². The second-order valence-corrected chi connectivity index (χ2v) is 5.84. The second-order valence-electron chi connectivity index (χ2n) is 5.09. The number of rotatable bonds is 3. The highest BCUT2D eigenvalue weighted by molar-refractivity contribution is 6.42. The zero-order valence-electron chi connectivity index (χ0n) is 11.9. The molecule has 0 spiro atoms. The van der Waals surface area contributed by atoms with Crippen LogP contribution in [0.4, 0.5) is 4.39 Å². The number of halogens is 3. The molecular formula is C14H14Cl2FN3O2. The molecule has 118 valence electrons. The first kappa shape index (κ1) is 15.7. The lowest BCUT2D eigenvalue weighted by atomic mass is 10.2. The van der Waals surface area contributed by atoms with Crippen molar-refractivity contribution in [1.82, 2.24) is 15.1 Å². The number of nitrogens with zero attached hydrogens (tertiary/aromatic N) is 3. The van der Waals surface area contributed by atoms with Crippen LogP contribution in [0.5, 0.6) is 0 Å². The molecule has 5 nitrogen and oxygen atoms in total. The fourth-order valence-electron chi connectivity index (χ4n) is 2.37. The van der Waals surface area contributed by atoms with Gasteiger partial charge in [-0.15, -0.1) is 10.2 Å². The molecule has 2 heterocycles. The summed E-state index contributed by atoms with van der Waals surface area (Å²) in [6, 6.07) is 2.97. The van der Waals surface area contributed by atoms with E-state index in [-0.39, 0.29) is 16.1 Å². The fraction of sp³-hybridized carbons (Fsp3) is 0.429. The summed E-state index contributed by atoms with van der Waals surface area (Å²) >= 11 is 11.9. The summed E-state index contributed by atoms with van der Waals surface area (Å²) in [5.74, 6) is 0.450. The molecule has 0 N–H and O–H groups in total. The molecule has 3 rings (SSSR count). The van der Waals surface area contributed by atoms with Crippen molar-refractivity contribution < 1.29 is 13.5 Å². The van der Waals surface area contributed by atoms with Crippen LogP contribution in [0, 0.1) is 12.7 Å². The smallest absolute Gasteiger partial charge is 0.246 e. The molecule has 1 aliphatic rings. The van der Waals surface area contributed by atoms with Crippen LogP contribution in [0.15, 0.2) is 16.5 Å². The summed E-state index contributed by atoms with van der Waals surface area (Å²) < 4.78 is 24.4. The Bertz CT molecular complexity index is 680. The molecule has 1 unspecified atom stereocenters. The van der Waals surface area contributed by atoms with Crippen LogP contribution in [0.3, 0.4) is 0 Å². The van der Waals surface area contributed by atoms with Gasteiger partial charge in [0.05, 0.1) is 16.7 Å². The summed E-state index contributed by atoms with van der Waals surface area (Å²) in [5, 5.41) is 8.00. The summed E-state index contributed by atoms with van der Waals surface area (Å²) in [6.45, 7) is 4.14. The van der Waals surface area contributed by atoms with Gasteiger partial charge in [-0.2, -0.15) is 0 Å². The van der Waals surface area contributed by atoms with E-state index in [9.17, 15) is 4.39 Å². The predicted molar refractivity (Wildman–Crippen MR) is 79.4 cm³/mol. The number of ether oxygens (including phenoxy) is 1. The van der Waals surface area contributed by atoms with Gasteiger partial charge in [-0.25, -0.2) is 4.39 Å². The van der Waals surface area contributed by atoms with Crippen molar-refractivity contribution in [3.63, 3.8) is 0 Å². The quantitative estimate of drug-likeness (QED) is 0.798.